The van der Waals surface area contributed by atoms with E-state index in [0.717, 1.165) is 0 Å². The molecule has 6 unspecified atom stereocenters. The van der Waals surface area contributed by atoms with Crippen molar-refractivity contribution in [3.05, 3.63) is 107 Å². The highest BCUT2D eigenvalue weighted by Crippen LogP contribution is 2.61. The van der Waals surface area contributed by atoms with Gasteiger partial charge in [0.25, 0.3) is 0 Å². The number of aromatic nitrogens is 1. The first kappa shape index (κ1) is 45.1. The maximum absolute atomic E-state index is 15.4. The number of allylic oxidation sites excluding steroid dienone is 4. The van der Waals surface area contributed by atoms with Crippen molar-refractivity contribution in [1.29, 1.82) is 0 Å². The van der Waals surface area contributed by atoms with Gasteiger partial charge in [-0.3, -0.25) is 9.59 Å². The van der Waals surface area contributed by atoms with E-state index in [1.54, 1.807) is 12.2 Å². The number of halogens is 12. The van der Waals surface area contributed by atoms with Crippen molar-refractivity contribution < 1.29 is 87.8 Å². The molecule has 1 saturated carbocycles. The van der Waals surface area contributed by atoms with Gasteiger partial charge in [0.1, 0.15) is 17.2 Å². The molecule has 2 amide bonds. The van der Waals surface area contributed by atoms with Crippen LogP contribution in [-0.4, -0.2) is 66.6 Å². The van der Waals surface area contributed by atoms with Crippen LogP contribution in [0.1, 0.15) is 59.4 Å². The van der Waals surface area contributed by atoms with Gasteiger partial charge in [0.2, 0.25) is 29.0 Å². The molecule has 4 aromatic rings. The van der Waals surface area contributed by atoms with E-state index in [2.05, 4.69) is 5.32 Å². The van der Waals surface area contributed by atoms with E-state index in [9.17, 15) is 61.5 Å². The number of nitrogens with one attached hydrogen (secondary N) is 2. The Morgan fingerprint density at radius 2 is 0.938 bits per heavy atom. The van der Waals surface area contributed by atoms with Gasteiger partial charge in [0, 0.05) is 23.0 Å². The Morgan fingerprint density at radius 1 is 0.538 bits per heavy atom. The fourth-order valence-electron chi connectivity index (χ4n) is 9.86. The third-order valence-electron chi connectivity index (χ3n) is 13.2. The standard InChI is InChI=1S/C43H33F12N3O7/c1-38(40(44,45)46,41(47,48)49)21-6-9-27(59)24(14-21)56-34(62)30-17-2-3-18(12-17)31(30)35(63)57-25-15-22(7-10-28(25)60)39(42(50,51)52,43(53,54)55)23-8-11-29(61)26(16-23)58-36(64)32-19-4-5-20(13-19)33(32)37(58)65/h2-11,14-20,30-31,59-61,64-65H,12-13H2,1H3,(H,56,62)(H,57,63). The summed E-state index contributed by atoms with van der Waals surface area (Å²) >= 11 is 0. The van der Waals surface area contributed by atoms with Crippen LogP contribution in [0.4, 0.5) is 64.1 Å². The molecule has 346 valence electrons. The lowest BCUT2D eigenvalue weighted by Crippen LogP contribution is -2.54. The molecule has 8 rings (SSSR count). The monoisotopic (exact) mass is 931 g/mol. The van der Waals surface area contributed by atoms with E-state index < -0.39 is 146 Å². The van der Waals surface area contributed by atoms with Gasteiger partial charge in [-0.1, -0.05) is 42.5 Å². The Morgan fingerprint density at radius 3 is 1.37 bits per heavy atom. The molecule has 3 aromatic carbocycles. The highest BCUT2D eigenvalue weighted by Gasteiger charge is 2.73. The molecule has 22 heteroatoms. The largest absolute Gasteiger partial charge is 0.506 e. The molecule has 6 atom stereocenters. The lowest BCUT2D eigenvalue weighted by atomic mass is 9.72. The van der Waals surface area contributed by atoms with Gasteiger partial charge in [-0.2, -0.15) is 52.7 Å². The fraction of sp³-hybridized carbons (Fsp3) is 0.349. The lowest BCUT2D eigenvalue weighted by molar-refractivity contribution is -0.297. The topological polar surface area (TPSA) is 164 Å². The van der Waals surface area contributed by atoms with E-state index >= 15 is 26.3 Å². The zero-order valence-corrected chi connectivity index (χ0v) is 32.9. The lowest BCUT2D eigenvalue weighted by Gasteiger charge is -2.38. The summed E-state index contributed by atoms with van der Waals surface area (Å²) in [6.45, 7) is -0.154. The average Bonchev–Trinajstić information content (AvgIpc) is 4.04. The van der Waals surface area contributed by atoms with E-state index in [4.69, 9.17) is 0 Å². The number of phenolic OH excluding ortho intramolecular Hbond substituents is 3. The van der Waals surface area contributed by atoms with Gasteiger partial charge in [-0.25, -0.2) is 4.57 Å². The molecule has 1 fully saturated rings. The molecule has 4 bridgehead atoms. The Balaban J connectivity index is 1.14. The first-order valence-corrected chi connectivity index (χ1v) is 19.5. The summed E-state index contributed by atoms with van der Waals surface area (Å²) in [7, 11) is 0. The number of rotatable bonds is 8. The van der Waals surface area contributed by atoms with Crippen molar-refractivity contribution in [2.45, 2.75) is 67.1 Å². The summed E-state index contributed by atoms with van der Waals surface area (Å²) in [5.41, 5.74) is -16.6. The minimum Gasteiger partial charge on any atom is -0.506 e. The van der Waals surface area contributed by atoms with E-state index in [0.29, 0.717) is 41.3 Å². The molecule has 4 aliphatic carbocycles. The number of carbonyl (C=O) groups excluding carboxylic acids is 2. The van der Waals surface area contributed by atoms with Gasteiger partial charge in [-0.05, 0) is 84.7 Å². The molecule has 0 radical (unpaired) electrons. The number of amides is 2. The van der Waals surface area contributed by atoms with Crippen LogP contribution in [0, 0.1) is 23.7 Å². The summed E-state index contributed by atoms with van der Waals surface area (Å²) in [4.78, 5) is 27.7. The Bertz CT molecular complexity index is 2640. The van der Waals surface area contributed by atoms with Crippen molar-refractivity contribution in [2.24, 2.45) is 23.7 Å². The minimum atomic E-state index is -6.29. The Hall–Kier alpha value is -6.48. The SMILES string of the molecule is CC(c1ccc(O)c(NC(=O)C2C3C=CC(C3)C2C(=O)Nc2cc(C(c3ccc(O)c(-n4c(O)c5c(c4O)C4C=CC5C4)c3)(C(F)(F)F)C(F)(F)F)ccc2O)c1)(C(F)(F)F)C(F)(F)F. The van der Waals surface area contributed by atoms with Gasteiger partial charge in [0.05, 0.1) is 28.9 Å². The number of alkyl halides is 12. The number of benzene rings is 3. The second kappa shape index (κ2) is 14.5. The van der Waals surface area contributed by atoms with E-state index in [-0.39, 0.29) is 48.7 Å². The number of hydrogen-bond donors (Lipinski definition) is 7. The Labute approximate surface area is 358 Å². The third-order valence-corrected chi connectivity index (χ3v) is 13.2. The summed E-state index contributed by atoms with van der Waals surface area (Å²) in [5.74, 6) is -12.5. The molecular weight excluding hydrogens is 898 g/mol. The second-order valence-corrected chi connectivity index (χ2v) is 16.7. The van der Waals surface area contributed by atoms with Gasteiger partial charge < -0.3 is 36.2 Å². The summed E-state index contributed by atoms with van der Waals surface area (Å²) in [5, 5.41) is 58.2. The average molecular weight is 932 g/mol. The molecule has 7 N–H and O–H groups in total. The van der Waals surface area contributed by atoms with Crippen LogP contribution < -0.4 is 10.6 Å². The molecular formula is C43H33F12N3O7. The van der Waals surface area contributed by atoms with Gasteiger partial charge in [-0.15, -0.1) is 0 Å². The highest BCUT2D eigenvalue weighted by molar-refractivity contribution is 6.02. The van der Waals surface area contributed by atoms with Crippen LogP contribution >= 0.6 is 0 Å². The summed E-state index contributed by atoms with van der Waals surface area (Å²) in [6, 6.07) is 3.03. The van der Waals surface area contributed by atoms with Gasteiger partial charge in [0.15, 0.2) is 5.41 Å². The van der Waals surface area contributed by atoms with Crippen molar-refractivity contribution in [3.8, 4) is 34.7 Å². The number of phenols is 3. The van der Waals surface area contributed by atoms with Gasteiger partial charge >= 0.3 is 24.7 Å². The molecule has 65 heavy (non-hydrogen) atoms. The highest BCUT2D eigenvalue weighted by atomic mass is 19.4. The molecule has 1 aromatic heterocycles. The first-order valence-electron chi connectivity index (χ1n) is 19.5. The number of carbonyl (C=O) groups is 2. The van der Waals surface area contributed by atoms with Crippen LogP contribution in [-0.2, 0) is 20.4 Å². The van der Waals surface area contributed by atoms with Crippen molar-refractivity contribution >= 4 is 23.2 Å². The normalized spacial score (nSPS) is 22.7. The summed E-state index contributed by atoms with van der Waals surface area (Å²) in [6.07, 6.45) is -17.6. The van der Waals surface area contributed by atoms with E-state index in [1.165, 1.54) is 12.2 Å². The number of nitrogens with zero attached hydrogens (tertiary/aromatic N) is 1. The third kappa shape index (κ3) is 6.55. The quantitative estimate of drug-likeness (QED) is 0.0525. The minimum absolute atomic E-state index is 0.0379. The van der Waals surface area contributed by atoms with E-state index in [1.807, 2.05) is 5.32 Å². The van der Waals surface area contributed by atoms with Crippen LogP contribution in [0.3, 0.4) is 0 Å². The molecule has 0 aliphatic heterocycles. The van der Waals surface area contributed by atoms with Crippen LogP contribution in [0.5, 0.6) is 29.0 Å². The Kier molecular flexibility index (Phi) is 10.1. The summed E-state index contributed by atoms with van der Waals surface area (Å²) < 4.78 is 176. The number of aromatic hydroxyl groups is 5. The molecule has 0 spiro atoms. The zero-order chi connectivity index (χ0) is 47.7. The van der Waals surface area contributed by atoms with Crippen LogP contribution in [0.25, 0.3) is 5.69 Å². The maximum atomic E-state index is 15.4. The van der Waals surface area contributed by atoms with Crippen molar-refractivity contribution in [2.75, 3.05) is 10.6 Å². The molecule has 1 heterocycles. The van der Waals surface area contributed by atoms with Crippen LogP contribution in [0.2, 0.25) is 0 Å². The second-order valence-electron chi connectivity index (χ2n) is 16.7. The zero-order valence-electron chi connectivity index (χ0n) is 32.9. The molecule has 0 saturated heterocycles. The smallest absolute Gasteiger partial charge is 0.411 e. The predicted molar refractivity (Wildman–Crippen MR) is 204 cm³/mol. The van der Waals surface area contributed by atoms with Crippen molar-refractivity contribution in [1.82, 2.24) is 4.57 Å². The number of fused-ring (bicyclic) bond motifs is 7. The fourth-order valence-corrected chi connectivity index (χ4v) is 9.86. The maximum Gasteiger partial charge on any atom is 0.411 e. The van der Waals surface area contributed by atoms with Crippen molar-refractivity contribution in [3.63, 3.8) is 0 Å². The molecule has 10 nitrogen and oxygen atoms in total. The molecule has 4 aliphatic rings. The number of hydrogen-bond acceptors (Lipinski definition) is 7. The van der Waals surface area contributed by atoms with Crippen LogP contribution in [0.15, 0.2) is 78.9 Å². The predicted octanol–water partition coefficient (Wildman–Crippen LogP) is 9.95. The number of anilines is 2. The first-order chi connectivity index (χ1) is 30.0.